The number of urea groups is 1. The van der Waals surface area contributed by atoms with Gasteiger partial charge in [0, 0.05) is 32.1 Å². The Morgan fingerprint density at radius 1 is 1.17 bits per heavy atom. The molecule has 2 fully saturated rings. The van der Waals surface area contributed by atoms with Crippen molar-refractivity contribution in [2.45, 2.75) is 18.8 Å². The van der Waals surface area contributed by atoms with Crippen LogP contribution in [0.1, 0.15) is 24.6 Å². The number of imidazole rings is 1. The van der Waals surface area contributed by atoms with Crippen LogP contribution in [0, 0.1) is 0 Å². The van der Waals surface area contributed by atoms with E-state index in [9.17, 15) is 4.79 Å². The zero-order valence-electron chi connectivity index (χ0n) is 13.2. The molecule has 0 aliphatic carbocycles. The fourth-order valence-corrected chi connectivity index (χ4v) is 3.49. The Balaban J connectivity index is 1.48. The van der Waals surface area contributed by atoms with Crippen molar-refractivity contribution in [1.82, 2.24) is 19.8 Å². The molecule has 0 radical (unpaired) electrons. The van der Waals surface area contributed by atoms with Crippen molar-refractivity contribution in [3.05, 3.63) is 30.1 Å². The SMILES string of the molecule is O=C(N1CCOCC1)N1CCCC(c2nc3ccccc3[nH]2)C1. The van der Waals surface area contributed by atoms with E-state index >= 15 is 0 Å². The molecule has 3 heterocycles. The number of rotatable bonds is 1. The number of para-hydroxylation sites is 2. The van der Waals surface area contributed by atoms with Gasteiger partial charge in [-0.05, 0) is 25.0 Å². The second-order valence-corrected chi connectivity index (χ2v) is 6.31. The molecule has 1 atom stereocenters. The van der Waals surface area contributed by atoms with Gasteiger partial charge in [0.25, 0.3) is 0 Å². The minimum atomic E-state index is 0.147. The Morgan fingerprint density at radius 3 is 2.83 bits per heavy atom. The van der Waals surface area contributed by atoms with E-state index in [2.05, 4.69) is 4.98 Å². The van der Waals surface area contributed by atoms with E-state index in [0.29, 0.717) is 32.2 Å². The fourth-order valence-electron chi connectivity index (χ4n) is 3.49. The summed E-state index contributed by atoms with van der Waals surface area (Å²) in [5, 5.41) is 0. The van der Waals surface area contributed by atoms with Gasteiger partial charge in [-0.25, -0.2) is 9.78 Å². The number of ether oxygens (including phenoxy) is 1. The second-order valence-electron chi connectivity index (χ2n) is 6.31. The summed E-state index contributed by atoms with van der Waals surface area (Å²) in [7, 11) is 0. The number of nitrogens with zero attached hydrogens (tertiary/aromatic N) is 3. The first-order chi connectivity index (χ1) is 11.3. The summed E-state index contributed by atoms with van der Waals surface area (Å²) in [4.78, 5) is 24.7. The second kappa shape index (κ2) is 6.20. The van der Waals surface area contributed by atoms with Crippen LogP contribution >= 0.6 is 0 Å². The van der Waals surface area contributed by atoms with Gasteiger partial charge in [0.1, 0.15) is 5.82 Å². The number of fused-ring (bicyclic) bond motifs is 1. The number of likely N-dealkylation sites (tertiary alicyclic amines) is 1. The van der Waals surface area contributed by atoms with Gasteiger partial charge in [-0.2, -0.15) is 0 Å². The summed E-state index contributed by atoms with van der Waals surface area (Å²) in [5.41, 5.74) is 2.07. The van der Waals surface area contributed by atoms with Gasteiger partial charge in [-0.15, -0.1) is 0 Å². The van der Waals surface area contributed by atoms with Crippen LogP contribution < -0.4 is 0 Å². The summed E-state index contributed by atoms with van der Waals surface area (Å²) >= 11 is 0. The number of amides is 2. The standard InChI is InChI=1S/C17H22N4O2/c22-17(20-8-10-23-11-9-20)21-7-3-4-13(12-21)16-18-14-5-1-2-6-15(14)19-16/h1-2,5-6,13H,3-4,7-12H2,(H,18,19). The molecule has 0 saturated carbocycles. The molecule has 2 aromatic rings. The molecule has 1 aromatic carbocycles. The number of H-pyrrole nitrogens is 1. The fraction of sp³-hybridized carbons (Fsp3) is 0.529. The molecular weight excluding hydrogens is 292 g/mol. The van der Waals surface area contributed by atoms with Crippen LogP contribution in [0.2, 0.25) is 0 Å². The summed E-state index contributed by atoms with van der Waals surface area (Å²) in [5.74, 6) is 1.30. The van der Waals surface area contributed by atoms with Gasteiger partial charge in [-0.1, -0.05) is 12.1 Å². The van der Waals surface area contributed by atoms with Crippen molar-refractivity contribution in [3.8, 4) is 0 Å². The maximum Gasteiger partial charge on any atom is 0.320 e. The van der Waals surface area contributed by atoms with Crippen molar-refractivity contribution in [3.63, 3.8) is 0 Å². The molecule has 1 aromatic heterocycles. The van der Waals surface area contributed by atoms with Crippen LogP contribution in [0.4, 0.5) is 4.79 Å². The van der Waals surface area contributed by atoms with E-state index in [1.165, 1.54) is 0 Å². The van der Waals surface area contributed by atoms with Gasteiger partial charge in [0.05, 0.1) is 24.2 Å². The normalized spacial score (nSPS) is 22.5. The maximum absolute atomic E-state index is 12.7. The maximum atomic E-state index is 12.7. The number of piperidine rings is 1. The molecule has 1 unspecified atom stereocenters. The summed E-state index contributed by atoms with van der Waals surface area (Å²) in [6, 6.07) is 8.23. The monoisotopic (exact) mass is 314 g/mol. The third-order valence-corrected chi connectivity index (χ3v) is 4.77. The molecular formula is C17H22N4O2. The smallest absolute Gasteiger partial charge is 0.320 e. The van der Waals surface area contributed by atoms with Crippen molar-refractivity contribution >= 4 is 17.1 Å². The molecule has 122 valence electrons. The quantitative estimate of drug-likeness (QED) is 0.878. The Labute approximate surface area is 135 Å². The lowest BCUT2D eigenvalue weighted by Gasteiger charge is -2.37. The van der Waals surface area contributed by atoms with E-state index in [1.54, 1.807) is 0 Å². The van der Waals surface area contributed by atoms with Gasteiger partial charge in [0.15, 0.2) is 0 Å². The number of carbonyl (C=O) groups excluding carboxylic acids is 1. The lowest BCUT2D eigenvalue weighted by atomic mass is 9.97. The first kappa shape index (κ1) is 14.5. The number of aromatic nitrogens is 2. The molecule has 2 aliphatic rings. The minimum Gasteiger partial charge on any atom is -0.378 e. The van der Waals surface area contributed by atoms with Crippen LogP contribution in [-0.2, 0) is 4.74 Å². The first-order valence-corrected chi connectivity index (χ1v) is 8.37. The van der Waals surface area contributed by atoms with Crippen molar-refractivity contribution in [1.29, 1.82) is 0 Å². The van der Waals surface area contributed by atoms with Gasteiger partial charge >= 0.3 is 6.03 Å². The van der Waals surface area contributed by atoms with Gasteiger partial charge < -0.3 is 19.5 Å². The number of hydrogen-bond donors (Lipinski definition) is 1. The predicted octanol–water partition coefficient (Wildman–Crippen LogP) is 2.19. The molecule has 1 N–H and O–H groups in total. The van der Waals surface area contributed by atoms with Crippen LogP contribution in [-0.4, -0.2) is 65.2 Å². The van der Waals surface area contributed by atoms with Crippen LogP contribution in [0.25, 0.3) is 11.0 Å². The van der Waals surface area contributed by atoms with Crippen LogP contribution in [0.3, 0.4) is 0 Å². The molecule has 4 rings (SSSR count). The summed E-state index contributed by atoms with van der Waals surface area (Å²) in [6.45, 7) is 4.28. The molecule has 6 heteroatoms. The summed E-state index contributed by atoms with van der Waals surface area (Å²) in [6.07, 6.45) is 2.10. The average molecular weight is 314 g/mol. The third-order valence-electron chi connectivity index (χ3n) is 4.77. The van der Waals surface area contributed by atoms with Crippen molar-refractivity contribution in [2.24, 2.45) is 0 Å². The van der Waals surface area contributed by atoms with Gasteiger partial charge in [0.2, 0.25) is 0 Å². The highest BCUT2D eigenvalue weighted by Crippen LogP contribution is 2.27. The molecule has 2 aliphatic heterocycles. The topological polar surface area (TPSA) is 61.5 Å². The van der Waals surface area contributed by atoms with E-state index in [1.807, 2.05) is 34.1 Å². The summed E-state index contributed by atoms with van der Waals surface area (Å²) < 4.78 is 5.33. The zero-order chi connectivity index (χ0) is 15.6. The van der Waals surface area contributed by atoms with Crippen LogP contribution in [0.15, 0.2) is 24.3 Å². The average Bonchev–Trinajstić information content (AvgIpc) is 3.06. The van der Waals surface area contributed by atoms with E-state index in [0.717, 1.165) is 42.8 Å². The minimum absolute atomic E-state index is 0.147. The molecule has 23 heavy (non-hydrogen) atoms. The highest BCUT2D eigenvalue weighted by atomic mass is 16.5. The van der Waals surface area contributed by atoms with Crippen LogP contribution in [0.5, 0.6) is 0 Å². The molecule has 6 nitrogen and oxygen atoms in total. The first-order valence-electron chi connectivity index (χ1n) is 8.37. The molecule has 0 spiro atoms. The van der Waals surface area contributed by atoms with E-state index in [4.69, 9.17) is 9.72 Å². The number of hydrogen-bond acceptors (Lipinski definition) is 3. The van der Waals surface area contributed by atoms with E-state index in [-0.39, 0.29) is 6.03 Å². The highest BCUT2D eigenvalue weighted by molar-refractivity contribution is 5.76. The molecule has 2 saturated heterocycles. The number of nitrogens with one attached hydrogen (secondary N) is 1. The third kappa shape index (κ3) is 2.91. The Morgan fingerprint density at radius 2 is 2.00 bits per heavy atom. The molecule has 0 bridgehead atoms. The molecule has 2 amide bonds. The lowest BCUT2D eigenvalue weighted by molar-refractivity contribution is 0.0407. The predicted molar refractivity (Wildman–Crippen MR) is 87.4 cm³/mol. The Bertz CT molecular complexity index is 660. The number of carbonyl (C=O) groups is 1. The highest BCUT2D eigenvalue weighted by Gasteiger charge is 2.29. The lowest BCUT2D eigenvalue weighted by Crippen LogP contribution is -2.50. The largest absolute Gasteiger partial charge is 0.378 e. The van der Waals surface area contributed by atoms with Crippen molar-refractivity contribution < 1.29 is 9.53 Å². The van der Waals surface area contributed by atoms with Gasteiger partial charge in [-0.3, -0.25) is 0 Å². The number of aromatic amines is 1. The number of benzene rings is 1. The Kier molecular flexibility index (Phi) is 3.91. The number of morpholine rings is 1. The van der Waals surface area contributed by atoms with Crippen molar-refractivity contribution in [2.75, 3.05) is 39.4 Å². The van der Waals surface area contributed by atoms with E-state index < -0.39 is 0 Å². The Hall–Kier alpha value is -2.08. The zero-order valence-corrected chi connectivity index (χ0v) is 13.2.